The molecule has 1 heterocycles. The zero-order valence-corrected chi connectivity index (χ0v) is 9.13. The molecule has 3 heteroatoms. The molecule has 78 valence electrons. The number of hydrogen-bond donors (Lipinski definition) is 1. The van der Waals surface area contributed by atoms with Crippen LogP contribution < -0.4 is 5.73 Å². The van der Waals surface area contributed by atoms with Gasteiger partial charge in [-0.05, 0) is 48.1 Å². The second kappa shape index (κ2) is 4.91. The normalized spacial score (nSPS) is 27.8. The Balaban J connectivity index is 1.75. The molecule has 1 aliphatic rings. The van der Waals surface area contributed by atoms with Gasteiger partial charge in [-0.15, -0.1) is 0 Å². The molecule has 2 nitrogen and oxygen atoms in total. The second-order valence-corrected chi connectivity index (χ2v) is 4.77. The Bertz CT molecular complexity index is 260. The van der Waals surface area contributed by atoms with E-state index in [1.807, 2.05) is 0 Å². The number of hydrogen-bond acceptors (Lipinski definition) is 3. The highest BCUT2D eigenvalue weighted by Crippen LogP contribution is 2.21. The molecule has 2 atom stereocenters. The van der Waals surface area contributed by atoms with E-state index in [1.165, 1.54) is 18.4 Å². The molecule has 2 rings (SSSR count). The van der Waals surface area contributed by atoms with Crippen LogP contribution in [0.2, 0.25) is 0 Å². The lowest BCUT2D eigenvalue weighted by atomic mass is 9.93. The number of rotatable bonds is 3. The van der Waals surface area contributed by atoms with E-state index < -0.39 is 0 Å². The molecule has 2 unspecified atom stereocenters. The van der Waals surface area contributed by atoms with Crippen molar-refractivity contribution >= 4 is 11.3 Å². The molecule has 0 spiro atoms. The molecule has 0 saturated heterocycles. The van der Waals surface area contributed by atoms with Crippen molar-refractivity contribution < 1.29 is 4.74 Å². The van der Waals surface area contributed by atoms with Crippen LogP contribution in [0.15, 0.2) is 16.8 Å². The molecule has 14 heavy (non-hydrogen) atoms. The number of ether oxygens (including phenoxy) is 1. The maximum atomic E-state index is 5.90. The Morgan fingerprint density at radius 1 is 1.50 bits per heavy atom. The Morgan fingerprint density at radius 3 is 3.14 bits per heavy atom. The molecule has 1 aromatic rings. The molecule has 0 amide bonds. The molecule has 0 radical (unpaired) electrons. The molecular weight excluding hydrogens is 194 g/mol. The minimum Gasteiger partial charge on any atom is -0.373 e. The Kier molecular flexibility index (Phi) is 3.56. The van der Waals surface area contributed by atoms with E-state index in [9.17, 15) is 0 Å². The van der Waals surface area contributed by atoms with Gasteiger partial charge in [-0.2, -0.15) is 11.3 Å². The van der Waals surface area contributed by atoms with Crippen molar-refractivity contribution in [2.24, 2.45) is 5.73 Å². The van der Waals surface area contributed by atoms with Crippen LogP contribution in [0.3, 0.4) is 0 Å². The Labute approximate surface area is 89.1 Å². The fraction of sp³-hybridized carbons (Fsp3) is 0.636. The maximum Gasteiger partial charge on any atom is 0.0728 e. The Hall–Kier alpha value is -0.380. The summed E-state index contributed by atoms with van der Waals surface area (Å²) in [6.45, 7) is 0.751. The van der Waals surface area contributed by atoms with Crippen molar-refractivity contribution in [1.82, 2.24) is 0 Å². The van der Waals surface area contributed by atoms with Crippen LogP contribution in [-0.2, 0) is 11.3 Å². The van der Waals surface area contributed by atoms with Crippen LogP contribution in [0.4, 0.5) is 0 Å². The zero-order valence-electron chi connectivity index (χ0n) is 8.32. The largest absolute Gasteiger partial charge is 0.373 e. The fourth-order valence-corrected chi connectivity index (χ4v) is 2.57. The molecule has 0 bridgehead atoms. The summed E-state index contributed by atoms with van der Waals surface area (Å²) in [4.78, 5) is 0. The van der Waals surface area contributed by atoms with Gasteiger partial charge in [0.15, 0.2) is 0 Å². The van der Waals surface area contributed by atoms with Crippen molar-refractivity contribution in [3.05, 3.63) is 22.4 Å². The first-order valence-electron chi connectivity index (χ1n) is 5.23. The van der Waals surface area contributed by atoms with Crippen LogP contribution in [0.5, 0.6) is 0 Å². The summed E-state index contributed by atoms with van der Waals surface area (Å²) >= 11 is 1.72. The predicted molar refractivity (Wildman–Crippen MR) is 59.3 cm³/mol. The van der Waals surface area contributed by atoms with Gasteiger partial charge in [-0.3, -0.25) is 0 Å². The van der Waals surface area contributed by atoms with E-state index in [2.05, 4.69) is 16.8 Å². The molecule has 0 aliphatic heterocycles. The van der Waals surface area contributed by atoms with E-state index in [-0.39, 0.29) is 0 Å². The predicted octanol–water partition coefficient (Wildman–Crippen LogP) is 2.53. The monoisotopic (exact) mass is 211 g/mol. The topological polar surface area (TPSA) is 35.2 Å². The first kappa shape index (κ1) is 10.1. The van der Waals surface area contributed by atoms with Gasteiger partial charge >= 0.3 is 0 Å². The molecular formula is C11H17NOS. The number of nitrogens with two attached hydrogens (primary N) is 1. The van der Waals surface area contributed by atoms with Crippen molar-refractivity contribution in [3.8, 4) is 0 Å². The third-order valence-corrected chi connectivity index (χ3v) is 3.46. The van der Waals surface area contributed by atoms with Gasteiger partial charge in [-0.1, -0.05) is 0 Å². The van der Waals surface area contributed by atoms with E-state index in [0.29, 0.717) is 12.1 Å². The van der Waals surface area contributed by atoms with E-state index in [4.69, 9.17) is 10.5 Å². The minimum atomic E-state index is 0.358. The highest BCUT2D eigenvalue weighted by atomic mass is 32.1. The summed E-state index contributed by atoms with van der Waals surface area (Å²) in [5, 5.41) is 4.23. The van der Waals surface area contributed by atoms with E-state index >= 15 is 0 Å². The summed E-state index contributed by atoms with van der Waals surface area (Å²) in [5.74, 6) is 0. The minimum absolute atomic E-state index is 0.358. The van der Waals surface area contributed by atoms with Gasteiger partial charge in [0.05, 0.1) is 12.7 Å². The molecule has 1 fully saturated rings. The average molecular weight is 211 g/mol. The zero-order chi connectivity index (χ0) is 9.80. The third kappa shape index (κ3) is 2.80. The lowest BCUT2D eigenvalue weighted by Gasteiger charge is -2.26. The second-order valence-electron chi connectivity index (χ2n) is 3.99. The van der Waals surface area contributed by atoms with E-state index in [0.717, 1.165) is 19.4 Å². The molecule has 0 aromatic carbocycles. The first-order chi connectivity index (χ1) is 6.84. The summed E-state index contributed by atoms with van der Waals surface area (Å²) in [6, 6.07) is 2.48. The average Bonchev–Trinajstić information content (AvgIpc) is 2.67. The molecule has 2 N–H and O–H groups in total. The third-order valence-electron chi connectivity index (χ3n) is 2.73. The SMILES string of the molecule is NC1CCCC(OCc2ccsc2)C1. The molecule has 1 aromatic heterocycles. The van der Waals surface area contributed by atoms with Gasteiger partial charge in [0.25, 0.3) is 0 Å². The maximum absolute atomic E-state index is 5.90. The van der Waals surface area contributed by atoms with Gasteiger partial charge in [0.1, 0.15) is 0 Å². The summed E-state index contributed by atoms with van der Waals surface area (Å²) < 4.78 is 5.82. The first-order valence-corrected chi connectivity index (χ1v) is 6.17. The molecule has 1 saturated carbocycles. The van der Waals surface area contributed by atoms with Crippen molar-refractivity contribution in [2.75, 3.05) is 0 Å². The van der Waals surface area contributed by atoms with Crippen LogP contribution in [-0.4, -0.2) is 12.1 Å². The lowest BCUT2D eigenvalue weighted by Crippen LogP contribution is -2.32. The van der Waals surface area contributed by atoms with Crippen LogP contribution >= 0.6 is 11.3 Å². The standard InChI is InChI=1S/C11H17NOS/c12-10-2-1-3-11(6-10)13-7-9-4-5-14-8-9/h4-5,8,10-11H,1-3,6-7,12H2. The van der Waals surface area contributed by atoms with Crippen molar-refractivity contribution in [1.29, 1.82) is 0 Å². The summed E-state index contributed by atoms with van der Waals surface area (Å²) in [7, 11) is 0. The van der Waals surface area contributed by atoms with Crippen LogP contribution in [0.25, 0.3) is 0 Å². The fourth-order valence-electron chi connectivity index (χ4n) is 1.92. The quantitative estimate of drug-likeness (QED) is 0.834. The van der Waals surface area contributed by atoms with Gasteiger partial charge in [0, 0.05) is 6.04 Å². The van der Waals surface area contributed by atoms with Gasteiger partial charge < -0.3 is 10.5 Å². The van der Waals surface area contributed by atoms with Crippen LogP contribution in [0.1, 0.15) is 31.2 Å². The van der Waals surface area contributed by atoms with Crippen molar-refractivity contribution in [3.63, 3.8) is 0 Å². The molecule has 1 aliphatic carbocycles. The van der Waals surface area contributed by atoms with Gasteiger partial charge in [-0.25, -0.2) is 0 Å². The van der Waals surface area contributed by atoms with Gasteiger partial charge in [0.2, 0.25) is 0 Å². The van der Waals surface area contributed by atoms with Crippen LogP contribution in [0, 0.1) is 0 Å². The lowest BCUT2D eigenvalue weighted by molar-refractivity contribution is 0.0124. The highest BCUT2D eigenvalue weighted by molar-refractivity contribution is 7.07. The highest BCUT2D eigenvalue weighted by Gasteiger charge is 2.19. The van der Waals surface area contributed by atoms with Crippen molar-refractivity contribution in [2.45, 2.75) is 44.4 Å². The number of thiophene rings is 1. The smallest absolute Gasteiger partial charge is 0.0728 e. The summed E-state index contributed by atoms with van der Waals surface area (Å²) in [6.07, 6.45) is 4.98. The summed E-state index contributed by atoms with van der Waals surface area (Å²) in [5.41, 5.74) is 7.18. The van der Waals surface area contributed by atoms with E-state index in [1.54, 1.807) is 11.3 Å². The Morgan fingerprint density at radius 2 is 2.43 bits per heavy atom.